The van der Waals surface area contributed by atoms with Gasteiger partial charge in [0.1, 0.15) is 0 Å². The minimum atomic E-state index is 0.360. The van der Waals surface area contributed by atoms with E-state index in [1.54, 1.807) is 0 Å². The standard InChI is InChI=1S/C15H20N2/c1-15(2)12(8-16)14(15)11-9-17(3)13-7-5-4-6-10(11)13/h4-7,9,12,14H,8,16H2,1-3H3/t12-,14-/m1/s1. The van der Waals surface area contributed by atoms with E-state index in [4.69, 9.17) is 5.73 Å². The molecule has 0 saturated heterocycles. The predicted octanol–water partition coefficient (Wildman–Crippen LogP) is 2.88. The average Bonchev–Trinajstić information content (AvgIpc) is 2.70. The molecule has 90 valence electrons. The Morgan fingerprint density at radius 1 is 1.29 bits per heavy atom. The fourth-order valence-corrected chi connectivity index (χ4v) is 3.42. The molecule has 0 spiro atoms. The van der Waals surface area contributed by atoms with Crippen molar-refractivity contribution in [3.8, 4) is 0 Å². The summed E-state index contributed by atoms with van der Waals surface area (Å²) in [5.74, 6) is 1.26. The maximum absolute atomic E-state index is 5.88. The number of hydrogen-bond acceptors (Lipinski definition) is 1. The third kappa shape index (κ3) is 1.37. The third-order valence-electron chi connectivity index (χ3n) is 4.57. The van der Waals surface area contributed by atoms with E-state index in [0.29, 0.717) is 17.3 Å². The Bertz CT molecular complexity index is 565. The highest BCUT2D eigenvalue weighted by molar-refractivity contribution is 5.85. The summed E-state index contributed by atoms with van der Waals surface area (Å²) in [4.78, 5) is 0. The number of aromatic nitrogens is 1. The minimum Gasteiger partial charge on any atom is -0.350 e. The van der Waals surface area contributed by atoms with Crippen molar-refractivity contribution in [1.29, 1.82) is 0 Å². The van der Waals surface area contributed by atoms with Crippen molar-refractivity contribution in [2.45, 2.75) is 19.8 Å². The van der Waals surface area contributed by atoms with E-state index >= 15 is 0 Å². The van der Waals surface area contributed by atoms with E-state index in [-0.39, 0.29) is 0 Å². The normalized spacial score (nSPS) is 26.4. The summed E-state index contributed by atoms with van der Waals surface area (Å²) in [5.41, 5.74) is 9.04. The van der Waals surface area contributed by atoms with Crippen molar-refractivity contribution in [2.24, 2.45) is 24.1 Å². The van der Waals surface area contributed by atoms with Gasteiger partial charge in [-0.2, -0.15) is 0 Å². The maximum Gasteiger partial charge on any atom is 0.0480 e. The first-order valence-corrected chi connectivity index (χ1v) is 6.31. The molecule has 0 radical (unpaired) electrons. The van der Waals surface area contributed by atoms with Gasteiger partial charge in [-0.15, -0.1) is 0 Å². The monoisotopic (exact) mass is 228 g/mol. The lowest BCUT2D eigenvalue weighted by Crippen LogP contribution is -2.05. The maximum atomic E-state index is 5.88. The Labute approximate surface area is 102 Å². The van der Waals surface area contributed by atoms with E-state index in [9.17, 15) is 0 Å². The van der Waals surface area contributed by atoms with Gasteiger partial charge in [0.25, 0.3) is 0 Å². The fraction of sp³-hybridized carbons (Fsp3) is 0.467. The molecular formula is C15H20N2. The fourth-order valence-electron chi connectivity index (χ4n) is 3.42. The first-order valence-electron chi connectivity index (χ1n) is 6.31. The van der Waals surface area contributed by atoms with Gasteiger partial charge < -0.3 is 10.3 Å². The second-order valence-corrected chi connectivity index (χ2v) is 5.85. The molecule has 1 aromatic heterocycles. The lowest BCUT2D eigenvalue weighted by Gasteiger charge is -2.01. The topological polar surface area (TPSA) is 30.9 Å². The number of benzene rings is 1. The molecule has 0 unspecified atom stereocenters. The molecule has 1 aliphatic rings. The SMILES string of the molecule is Cn1cc([C@@H]2[C@@H](CN)C2(C)C)c2ccccc21. The molecule has 2 heteroatoms. The summed E-state index contributed by atoms with van der Waals surface area (Å²) in [6, 6.07) is 8.64. The molecule has 0 amide bonds. The number of para-hydroxylation sites is 1. The zero-order valence-corrected chi connectivity index (χ0v) is 10.8. The van der Waals surface area contributed by atoms with Crippen molar-refractivity contribution < 1.29 is 0 Å². The summed E-state index contributed by atoms with van der Waals surface area (Å²) in [7, 11) is 2.12. The molecule has 1 saturated carbocycles. The van der Waals surface area contributed by atoms with Crippen molar-refractivity contribution in [2.75, 3.05) is 6.54 Å². The zero-order chi connectivity index (χ0) is 12.2. The van der Waals surface area contributed by atoms with Crippen LogP contribution in [0.15, 0.2) is 30.5 Å². The molecule has 0 bridgehead atoms. The van der Waals surface area contributed by atoms with E-state index in [2.05, 4.69) is 55.9 Å². The van der Waals surface area contributed by atoms with Gasteiger partial charge in [-0.05, 0) is 35.4 Å². The molecule has 3 rings (SSSR count). The van der Waals surface area contributed by atoms with Crippen LogP contribution in [0.4, 0.5) is 0 Å². The van der Waals surface area contributed by atoms with Crippen molar-refractivity contribution in [3.05, 3.63) is 36.0 Å². The van der Waals surface area contributed by atoms with Crippen molar-refractivity contribution >= 4 is 10.9 Å². The number of hydrogen-bond donors (Lipinski definition) is 1. The largest absolute Gasteiger partial charge is 0.350 e. The molecule has 17 heavy (non-hydrogen) atoms. The Morgan fingerprint density at radius 3 is 2.65 bits per heavy atom. The molecule has 2 aromatic rings. The van der Waals surface area contributed by atoms with Crippen LogP contribution in [-0.4, -0.2) is 11.1 Å². The van der Waals surface area contributed by atoms with Crippen molar-refractivity contribution in [1.82, 2.24) is 4.57 Å². The Balaban J connectivity index is 2.14. The Hall–Kier alpha value is -1.28. The van der Waals surface area contributed by atoms with Crippen LogP contribution in [-0.2, 0) is 7.05 Å². The van der Waals surface area contributed by atoms with Crippen LogP contribution in [0.2, 0.25) is 0 Å². The highest BCUT2D eigenvalue weighted by atomic mass is 14.9. The lowest BCUT2D eigenvalue weighted by atomic mass is 10.0. The highest BCUT2D eigenvalue weighted by Crippen LogP contribution is 2.64. The Morgan fingerprint density at radius 2 is 2.00 bits per heavy atom. The van der Waals surface area contributed by atoms with Gasteiger partial charge >= 0.3 is 0 Å². The van der Waals surface area contributed by atoms with Crippen LogP contribution < -0.4 is 5.73 Å². The predicted molar refractivity (Wildman–Crippen MR) is 72.0 cm³/mol. The second kappa shape index (κ2) is 3.36. The lowest BCUT2D eigenvalue weighted by molar-refractivity contribution is 0.559. The van der Waals surface area contributed by atoms with Crippen LogP contribution in [0, 0.1) is 11.3 Å². The molecule has 1 heterocycles. The van der Waals surface area contributed by atoms with E-state index in [1.165, 1.54) is 16.5 Å². The van der Waals surface area contributed by atoms with Gasteiger partial charge in [-0.1, -0.05) is 32.0 Å². The van der Waals surface area contributed by atoms with Crippen LogP contribution in [0.1, 0.15) is 25.3 Å². The number of nitrogens with zero attached hydrogens (tertiary/aromatic N) is 1. The molecular weight excluding hydrogens is 208 g/mol. The third-order valence-corrected chi connectivity index (χ3v) is 4.57. The summed E-state index contributed by atoms with van der Waals surface area (Å²) in [6.45, 7) is 5.45. The molecule has 2 nitrogen and oxygen atoms in total. The molecule has 1 fully saturated rings. The van der Waals surface area contributed by atoms with Gasteiger partial charge in [-0.25, -0.2) is 0 Å². The molecule has 1 aromatic carbocycles. The average molecular weight is 228 g/mol. The van der Waals surface area contributed by atoms with Crippen LogP contribution >= 0.6 is 0 Å². The number of aryl methyl sites for hydroxylation is 1. The van der Waals surface area contributed by atoms with Gasteiger partial charge in [0, 0.05) is 24.1 Å². The quantitative estimate of drug-likeness (QED) is 0.842. The number of nitrogens with two attached hydrogens (primary N) is 1. The zero-order valence-electron chi connectivity index (χ0n) is 10.8. The minimum absolute atomic E-state index is 0.360. The van der Waals surface area contributed by atoms with E-state index in [1.807, 2.05) is 0 Å². The van der Waals surface area contributed by atoms with Crippen LogP contribution in [0.5, 0.6) is 0 Å². The van der Waals surface area contributed by atoms with E-state index in [0.717, 1.165) is 6.54 Å². The summed E-state index contributed by atoms with van der Waals surface area (Å²) in [5, 5.41) is 1.39. The van der Waals surface area contributed by atoms with E-state index < -0.39 is 0 Å². The Kier molecular flexibility index (Phi) is 2.14. The summed E-state index contributed by atoms with van der Waals surface area (Å²) in [6.07, 6.45) is 2.28. The number of rotatable bonds is 2. The molecule has 2 atom stereocenters. The smallest absolute Gasteiger partial charge is 0.0480 e. The molecule has 1 aliphatic carbocycles. The second-order valence-electron chi connectivity index (χ2n) is 5.85. The highest BCUT2D eigenvalue weighted by Gasteiger charge is 2.57. The number of fused-ring (bicyclic) bond motifs is 1. The van der Waals surface area contributed by atoms with Gasteiger partial charge in [-0.3, -0.25) is 0 Å². The van der Waals surface area contributed by atoms with Crippen LogP contribution in [0.25, 0.3) is 10.9 Å². The van der Waals surface area contributed by atoms with Crippen LogP contribution in [0.3, 0.4) is 0 Å². The summed E-state index contributed by atoms with van der Waals surface area (Å²) < 4.78 is 2.23. The van der Waals surface area contributed by atoms with Gasteiger partial charge in [0.2, 0.25) is 0 Å². The first-order chi connectivity index (χ1) is 8.07. The van der Waals surface area contributed by atoms with Crippen molar-refractivity contribution in [3.63, 3.8) is 0 Å². The first kappa shape index (κ1) is 10.8. The molecule has 2 N–H and O–H groups in total. The summed E-state index contributed by atoms with van der Waals surface area (Å²) >= 11 is 0. The van der Waals surface area contributed by atoms with Gasteiger partial charge in [0.05, 0.1) is 0 Å². The van der Waals surface area contributed by atoms with Gasteiger partial charge in [0.15, 0.2) is 0 Å². The molecule has 0 aliphatic heterocycles.